The Kier molecular flexibility index (Phi) is 5.26. The van der Waals surface area contributed by atoms with Crippen LogP contribution in [0.1, 0.15) is 41.9 Å². The molecule has 2 aliphatic rings. The first-order valence-corrected chi connectivity index (χ1v) is 10.0. The number of amides is 1. The van der Waals surface area contributed by atoms with Gasteiger partial charge in [-0.25, -0.2) is 0 Å². The van der Waals surface area contributed by atoms with Gasteiger partial charge in [-0.05, 0) is 44.0 Å². The molecule has 1 aromatic heterocycles. The molecule has 1 fully saturated rings. The van der Waals surface area contributed by atoms with Crippen molar-refractivity contribution in [2.45, 2.75) is 44.5 Å². The number of hydrogen-bond donors (Lipinski definition) is 1. The normalized spacial score (nSPS) is 21.3. The minimum Gasteiger partial charge on any atom is -0.460 e. The summed E-state index contributed by atoms with van der Waals surface area (Å²) in [5.41, 5.74) is -2.30. The van der Waals surface area contributed by atoms with Crippen LogP contribution in [0.25, 0.3) is 0 Å². The Labute approximate surface area is 180 Å². The van der Waals surface area contributed by atoms with E-state index >= 15 is 0 Å². The molecular formula is C20H17Cl2F3N2O3. The average Bonchev–Trinajstić information content (AvgIpc) is 3.28. The second-order valence-electron chi connectivity index (χ2n) is 7.47. The summed E-state index contributed by atoms with van der Waals surface area (Å²) in [6.07, 6.45) is -3.63. The molecule has 1 N–H and O–H groups in total. The summed E-state index contributed by atoms with van der Waals surface area (Å²) in [5.74, 6) is 0.662. The van der Waals surface area contributed by atoms with E-state index in [1.54, 1.807) is 13.0 Å². The highest BCUT2D eigenvalue weighted by atomic mass is 35.5. The largest absolute Gasteiger partial charge is 0.460 e. The highest BCUT2D eigenvalue weighted by molar-refractivity contribution is 6.34. The van der Waals surface area contributed by atoms with Gasteiger partial charge in [0.25, 0.3) is 5.60 Å². The van der Waals surface area contributed by atoms with Gasteiger partial charge < -0.3 is 14.6 Å². The summed E-state index contributed by atoms with van der Waals surface area (Å²) in [6.45, 7) is 1.90. The molecule has 160 valence electrons. The van der Waals surface area contributed by atoms with Crippen molar-refractivity contribution < 1.29 is 27.2 Å². The van der Waals surface area contributed by atoms with Gasteiger partial charge in [0, 0.05) is 33.6 Å². The van der Waals surface area contributed by atoms with Crippen molar-refractivity contribution in [3.05, 3.63) is 57.0 Å². The first kappa shape index (κ1) is 21.1. The van der Waals surface area contributed by atoms with Gasteiger partial charge in [0.2, 0.25) is 5.91 Å². The summed E-state index contributed by atoms with van der Waals surface area (Å²) in [6, 6.07) is 5.23. The Bertz CT molecular complexity index is 1010. The van der Waals surface area contributed by atoms with E-state index in [0.717, 1.165) is 25.0 Å². The van der Waals surface area contributed by atoms with Gasteiger partial charge in [0.1, 0.15) is 11.5 Å². The zero-order valence-electron chi connectivity index (χ0n) is 15.8. The topological polar surface area (TPSA) is 63.8 Å². The summed E-state index contributed by atoms with van der Waals surface area (Å²) >= 11 is 11.8. The molecule has 2 heterocycles. The molecule has 5 nitrogen and oxygen atoms in total. The van der Waals surface area contributed by atoms with Crippen molar-refractivity contribution in [2.24, 2.45) is 11.1 Å². The monoisotopic (exact) mass is 460 g/mol. The van der Waals surface area contributed by atoms with Crippen molar-refractivity contribution >= 4 is 34.8 Å². The fraction of sp³-hybridized carbons (Fsp3) is 0.400. The molecule has 1 atom stereocenters. The Morgan fingerprint density at radius 1 is 1.23 bits per heavy atom. The Balaban J connectivity index is 1.58. The van der Waals surface area contributed by atoms with Gasteiger partial charge in [-0.3, -0.25) is 4.79 Å². The molecule has 0 spiro atoms. The quantitative estimate of drug-likeness (QED) is 0.640. The SMILES string of the molecule is Cc1oc(C2=NOC(c3cc(Cl)cc(Cl)c3)(C(F)(F)F)C2)cc1CNC(=O)C1CC1. The molecule has 0 saturated heterocycles. The van der Waals surface area contributed by atoms with Gasteiger partial charge in [0.15, 0.2) is 5.76 Å². The third kappa shape index (κ3) is 3.90. The average molecular weight is 461 g/mol. The molecule has 1 aliphatic carbocycles. The molecular weight excluding hydrogens is 444 g/mol. The Hall–Kier alpha value is -2.19. The number of nitrogens with one attached hydrogen (secondary N) is 1. The Morgan fingerprint density at radius 3 is 2.50 bits per heavy atom. The fourth-order valence-corrected chi connectivity index (χ4v) is 3.86. The minimum atomic E-state index is -4.78. The van der Waals surface area contributed by atoms with Gasteiger partial charge >= 0.3 is 6.18 Å². The number of carbonyl (C=O) groups excluding carboxylic acids is 1. The third-order valence-corrected chi connectivity index (χ3v) is 5.66. The lowest BCUT2D eigenvalue weighted by molar-refractivity contribution is -0.275. The lowest BCUT2D eigenvalue weighted by Crippen LogP contribution is -2.42. The number of benzene rings is 1. The van der Waals surface area contributed by atoms with E-state index in [1.807, 2.05) is 0 Å². The zero-order valence-corrected chi connectivity index (χ0v) is 17.3. The van der Waals surface area contributed by atoms with Gasteiger partial charge in [0.05, 0.1) is 6.42 Å². The molecule has 10 heteroatoms. The van der Waals surface area contributed by atoms with Crippen molar-refractivity contribution in [1.29, 1.82) is 0 Å². The number of carbonyl (C=O) groups is 1. The van der Waals surface area contributed by atoms with E-state index in [2.05, 4.69) is 10.5 Å². The number of rotatable bonds is 5. The molecule has 30 heavy (non-hydrogen) atoms. The number of halogens is 5. The predicted molar refractivity (Wildman–Crippen MR) is 104 cm³/mol. The number of nitrogens with zero attached hydrogens (tertiary/aromatic N) is 1. The van der Waals surface area contributed by atoms with E-state index < -0.39 is 18.2 Å². The second-order valence-corrected chi connectivity index (χ2v) is 8.35. The van der Waals surface area contributed by atoms with Crippen LogP contribution in [0.3, 0.4) is 0 Å². The highest BCUT2D eigenvalue weighted by Gasteiger charge is 2.62. The lowest BCUT2D eigenvalue weighted by atomic mass is 9.87. The van der Waals surface area contributed by atoms with Crippen molar-refractivity contribution in [1.82, 2.24) is 5.32 Å². The molecule has 1 unspecified atom stereocenters. The molecule has 1 aliphatic heterocycles. The van der Waals surface area contributed by atoms with Crippen molar-refractivity contribution in [3.63, 3.8) is 0 Å². The second kappa shape index (κ2) is 7.50. The fourth-order valence-electron chi connectivity index (χ4n) is 3.33. The summed E-state index contributed by atoms with van der Waals surface area (Å²) in [5, 5.41) is 6.60. The van der Waals surface area contributed by atoms with E-state index in [0.29, 0.717) is 11.3 Å². The smallest absolute Gasteiger partial charge is 0.435 e. The maximum Gasteiger partial charge on any atom is 0.435 e. The van der Waals surface area contributed by atoms with Crippen LogP contribution in [-0.2, 0) is 21.8 Å². The number of oxime groups is 1. The Morgan fingerprint density at radius 2 is 1.90 bits per heavy atom. The summed E-state index contributed by atoms with van der Waals surface area (Å²) < 4.78 is 47.8. The summed E-state index contributed by atoms with van der Waals surface area (Å²) in [7, 11) is 0. The van der Waals surface area contributed by atoms with E-state index in [4.69, 9.17) is 32.5 Å². The first-order valence-electron chi connectivity index (χ1n) is 9.25. The predicted octanol–water partition coefficient (Wildman–Crippen LogP) is 5.50. The minimum absolute atomic E-state index is 0.00583. The number of furan rings is 1. The standard InChI is InChI=1S/C20H17Cl2F3N2O3/c1-10-12(9-26-18(28)11-2-3-11)4-17(29-10)16-8-19(30-27-16,20(23,24)25)13-5-14(21)7-15(22)6-13/h4-7,11H,2-3,8-9H2,1H3,(H,26,28). The van der Waals surface area contributed by atoms with Crippen LogP contribution >= 0.6 is 23.2 Å². The molecule has 0 bridgehead atoms. The number of alkyl halides is 3. The third-order valence-electron chi connectivity index (χ3n) is 5.22. The molecule has 1 saturated carbocycles. The number of hydrogen-bond acceptors (Lipinski definition) is 4. The molecule has 4 rings (SSSR count). The van der Waals surface area contributed by atoms with Gasteiger partial charge in [-0.15, -0.1) is 0 Å². The van der Waals surface area contributed by atoms with E-state index in [9.17, 15) is 18.0 Å². The molecule has 1 amide bonds. The van der Waals surface area contributed by atoms with Crippen LogP contribution < -0.4 is 5.32 Å². The van der Waals surface area contributed by atoms with Crippen LogP contribution in [0.15, 0.2) is 33.8 Å². The van der Waals surface area contributed by atoms with E-state index in [1.165, 1.54) is 6.07 Å². The van der Waals surface area contributed by atoms with Crippen LogP contribution in [0.2, 0.25) is 10.0 Å². The van der Waals surface area contributed by atoms with Crippen LogP contribution in [0.5, 0.6) is 0 Å². The van der Waals surface area contributed by atoms with Gasteiger partial charge in [-0.1, -0.05) is 28.4 Å². The van der Waals surface area contributed by atoms with Crippen LogP contribution in [0.4, 0.5) is 13.2 Å². The number of aryl methyl sites for hydroxylation is 1. The first-order chi connectivity index (χ1) is 14.1. The van der Waals surface area contributed by atoms with E-state index in [-0.39, 0.29) is 45.5 Å². The van der Waals surface area contributed by atoms with Crippen molar-refractivity contribution in [2.75, 3.05) is 0 Å². The van der Waals surface area contributed by atoms with Crippen LogP contribution in [0, 0.1) is 12.8 Å². The molecule has 1 aromatic carbocycles. The zero-order chi connectivity index (χ0) is 21.7. The molecule has 2 aromatic rings. The van der Waals surface area contributed by atoms with Crippen LogP contribution in [-0.4, -0.2) is 17.8 Å². The maximum atomic E-state index is 14.1. The lowest BCUT2D eigenvalue weighted by Gasteiger charge is -2.29. The van der Waals surface area contributed by atoms with Gasteiger partial charge in [-0.2, -0.15) is 13.2 Å². The molecule has 0 radical (unpaired) electrons. The highest BCUT2D eigenvalue weighted by Crippen LogP contribution is 2.49. The maximum absolute atomic E-state index is 14.1. The van der Waals surface area contributed by atoms with Crippen molar-refractivity contribution in [3.8, 4) is 0 Å². The summed E-state index contributed by atoms with van der Waals surface area (Å²) in [4.78, 5) is 16.8.